The number of aliphatic hydroxyl groups excluding tert-OH is 3. The first kappa shape index (κ1) is 51.3. The van der Waals surface area contributed by atoms with Crippen LogP contribution in [-0.4, -0.2) is 143 Å². The van der Waals surface area contributed by atoms with Gasteiger partial charge in [0.15, 0.2) is 0 Å². The van der Waals surface area contributed by atoms with Gasteiger partial charge in [-0.2, -0.15) is 0 Å². The number of rotatable bonds is 9. The number of nitrogens with zero attached hydrogens (tertiary/aromatic N) is 2. The number of ether oxygens (including phenoxy) is 5. The fraction of sp³-hybridized carbons (Fsp3) is 0.694. The number of pyridine rings is 1. The van der Waals surface area contributed by atoms with Gasteiger partial charge in [-0.15, -0.1) is 0 Å². The van der Waals surface area contributed by atoms with Crippen molar-refractivity contribution in [3.63, 3.8) is 0 Å². The summed E-state index contributed by atoms with van der Waals surface area (Å²) in [5, 5.41) is 44.5. The van der Waals surface area contributed by atoms with Gasteiger partial charge in [-0.05, 0) is 101 Å². The van der Waals surface area contributed by atoms with E-state index >= 15 is 0 Å². The molecule has 15 heteroatoms. The van der Waals surface area contributed by atoms with Crippen LogP contribution in [0.15, 0.2) is 53.9 Å². The Kier molecular flexibility index (Phi) is 19.0. The molecular formula is C49H72N2O13. The number of cyclic esters (lactones) is 1. The molecule has 4 aliphatic rings. The van der Waals surface area contributed by atoms with E-state index in [4.69, 9.17) is 23.7 Å². The van der Waals surface area contributed by atoms with Crippen LogP contribution in [0.3, 0.4) is 0 Å². The van der Waals surface area contributed by atoms with Crippen LogP contribution in [0, 0.1) is 29.6 Å². The number of hydrogen-bond donors (Lipinski definition) is 4. The summed E-state index contributed by atoms with van der Waals surface area (Å²) >= 11 is 0. The summed E-state index contributed by atoms with van der Waals surface area (Å²) in [6.07, 6.45) is 8.94. The Morgan fingerprint density at radius 3 is 2.31 bits per heavy atom. The topological polar surface area (TPSA) is 211 Å². The van der Waals surface area contributed by atoms with Crippen molar-refractivity contribution in [2.45, 2.75) is 153 Å². The minimum Gasteiger partial charge on any atom is -0.456 e. The summed E-state index contributed by atoms with van der Waals surface area (Å²) in [5.41, 5.74) is 2.36. The standard InChI is InChI=1S/C49H72N2O13/c1-29-21-35(12-10-11-33-16-18-50-19-17-33)41(55)27-40(54)32(4)44(30(2)23-34-14-15-39(53)36(25-34)28-52)63-48(58)38-13-8-9-20-51(38)47(57)46(56)49(59)31(3)24-42(61-6)45(64-49)43(62-7)26-37(22-29)60-5/h10-11,16-19,21,23,31-32,34-40,42-45,52-54,59H,8-9,12-15,20,22,24-28H2,1-7H3/b11-10+,29-21+,30-23+/t31-,32-,34+,35-,36+,37+,38+,39-,40+,42+,43+,44-,45+,49-/m1/s1. The first-order valence-corrected chi connectivity index (χ1v) is 23.0. The fourth-order valence-corrected chi connectivity index (χ4v) is 10.0. The molecule has 2 saturated heterocycles. The summed E-state index contributed by atoms with van der Waals surface area (Å²) in [6.45, 7) is 6.89. The number of carbonyl (C=O) groups excluding carboxylic acids is 4. The number of Topliss-reactive ketones (excluding diaryl/α,β-unsaturated/α-hetero) is 2. The summed E-state index contributed by atoms with van der Waals surface area (Å²) in [6, 6.07) is 2.53. The van der Waals surface area contributed by atoms with Crippen LogP contribution in [0.1, 0.15) is 104 Å². The monoisotopic (exact) mass is 897 g/mol. The first-order valence-electron chi connectivity index (χ1n) is 23.0. The quantitative estimate of drug-likeness (QED) is 0.153. The number of aromatic nitrogens is 1. The molecule has 1 aliphatic carbocycles. The van der Waals surface area contributed by atoms with Crippen LogP contribution in [0.5, 0.6) is 0 Å². The van der Waals surface area contributed by atoms with Gasteiger partial charge < -0.3 is 49.0 Å². The van der Waals surface area contributed by atoms with Crippen molar-refractivity contribution in [1.82, 2.24) is 9.88 Å². The van der Waals surface area contributed by atoms with Gasteiger partial charge in [0.2, 0.25) is 5.79 Å². The van der Waals surface area contributed by atoms with Crippen molar-refractivity contribution in [2.24, 2.45) is 29.6 Å². The van der Waals surface area contributed by atoms with Crippen LogP contribution in [-0.2, 0) is 42.9 Å². The van der Waals surface area contributed by atoms with Crippen LogP contribution in [0.2, 0.25) is 0 Å². The van der Waals surface area contributed by atoms with Crippen molar-refractivity contribution in [1.29, 1.82) is 0 Å². The Morgan fingerprint density at radius 1 is 0.938 bits per heavy atom. The van der Waals surface area contributed by atoms with Crippen molar-refractivity contribution in [3.05, 3.63) is 59.5 Å². The maximum absolute atomic E-state index is 14.5. The third-order valence-electron chi connectivity index (χ3n) is 14.0. The van der Waals surface area contributed by atoms with E-state index in [1.165, 1.54) is 14.2 Å². The van der Waals surface area contributed by atoms with Gasteiger partial charge in [0.1, 0.15) is 24.0 Å². The molecule has 1 aromatic rings. The van der Waals surface area contributed by atoms with E-state index in [0.29, 0.717) is 50.5 Å². The maximum atomic E-state index is 14.5. The van der Waals surface area contributed by atoms with E-state index in [1.54, 1.807) is 40.3 Å². The average molecular weight is 897 g/mol. The molecule has 15 nitrogen and oxygen atoms in total. The van der Waals surface area contributed by atoms with Crippen molar-refractivity contribution in [3.8, 4) is 0 Å². The number of methoxy groups -OCH3 is 3. The molecule has 356 valence electrons. The van der Waals surface area contributed by atoms with Gasteiger partial charge in [0, 0.05) is 83.4 Å². The second-order valence-corrected chi connectivity index (χ2v) is 18.6. The van der Waals surface area contributed by atoms with E-state index < -0.39 is 90.0 Å². The largest absolute Gasteiger partial charge is 0.456 e. The SMILES string of the molecule is CO[C@H]1C/C(C)=C/[C@@H](C/C=C/c2ccncc2)C(=O)C[C@H](O)[C@@H](C)[C@@H](/C(C)=C/[C@@H]2CC[C@@H](O)[C@H](CO)C2)OC(=O)[C@@H]2CCCCN2C(=O)C(=O)[C@]2(O)O[C@H]([C@@H](OC)C1)[C@@H](OC)C[C@H]2C. The molecule has 64 heavy (non-hydrogen) atoms. The molecule has 1 aromatic heterocycles. The number of fused-ring (bicyclic) bond motifs is 3. The molecule has 0 aromatic carbocycles. The highest BCUT2D eigenvalue weighted by Gasteiger charge is 2.56. The number of piperidine rings is 1. The lowest BCUT2D eigenvalue weighted by Crippen LogP contribution is -2.64. The third-order valence-corrected chi connectivity index (χ3v) is 14.0. The van der Waals surface area contributed by atoms with Crippen molar-refractivity contribution in [2.75, 3.05) is 34.5 Å². The van der Waals surface area contributed by atoms with Gasteiger partial charge in [-0.1, -0.05) is 43.7 Å². The summed E-state index contributed by atoms with van der Waals surface area (Å²) in [5.74, 6) is -8.59. The molecule has 0 unspecified atom stereocenters. The second kappa shape index (κ2) is 23.7. The van der Waals surface area contributed by atoms with Crippen molar-refractivity contribution < 1.29 is 63.3 Å². The summed E-state index contributed by atoms with van der Waals surface area (Å²) in [7, 11) is 4.55. The number of amides is 1. The molecule has 0 spiro atoms. The van der Waals surface area contributed by atoms with Gasteiger partial charge in [-0.25, -0.2) is 4.79 Å². The van der Waals surface area contributed by atoms with Gasteiger partial charge in [0.25, 0.3) is 11.7 Å². The molecule has 0 radical (unpaired) electrons. The minimum atomic E-state index is -2.57. The lowest BCUT2D eigenvalue weighted by Gasteiger charge is -2.47. The van der Waals surface area contributed by atoms with E-state index in [-0.39, 0.29) is 56.5 Å². The van der Waals surface area contributed by atoms with Gasteiger partial charge in [0.05, 0.1) is 30.5 Å². The fourth-order valence-electron chi connectivity index (χ4n) is 10.0. The van der Waals surface area contributed by atoms with Gasteiger partial charge >= 0.3 is 5.97 Å². The van der Waals surface area contributed by atoms with E-state index in [2.05, 4.69) is 4.98 Å². The van der Waals surface area contributed by atoms with E-state index in [9.17, 15) is 39.6 Å². The molecule has 2 bridgehead atoms. The van der Waals surface area contributed by atoms with E-state index in [0.717, 1.165) is 16.0 Å². The van der Waals surface area contributed by atoms with Crippen LogP contribution in [0.4, 0.5) is 0 Å². The Morgan fingerprint density at radius 2 is 1.64 bits per heavy atom. The summed E-state index contributed by atoms with van der Waals surface area (Å²) in [4.78, 5) is 62.8. The number of esters is 1. The summed E-state index contributed by atoms with van der Waals surface area (Å²) < 4.78 is 30.3. The predicted octanol–water partition coefficient (Wildman–Crippen LogP) is 4.53. The molecule has 4 heterocycles. The second-order valence-electron chi connectivity index (χ2n) is 18.6. The zero-order valence-corrected chi connectivity index (χ0v) is 38.7. The molecule has 1 amide bonds. The normalized spacial score (nSPS) is 37.9. The zero-order chi connectivity index (χ0) is 46.7. The molecule has 5 rings (SSSR count). The van der Waals surface area contributed by atoms with Crippen LogP contribution < -0.4 is 0 Å². The number of ketones is 2. The molecular weight excluding hydrogens is 825 g/mol. The number of allylic oxidation sites excluding steroid dienone is 3. The Hall–Kier alpha value is -3.67. The number of hydrogen-bond acceptors (Lipinski definition) is 14. The average Bonchev–Trinajstić information content (AvgIpc) is 3.29. The highest BCUT2D eigenvalue weighted by Crippen LogP contribution is 2.39. The Balaban J connectivity index is 1.57. The lowest BCUT2D eigenvalue weighted by molar-refractivity contribution is -0.303. The lowest BCUT2D eigenvalue weighted by atomic mass is 9.78. The predicted molar refractivity (Wildman–Crippen MR) is 237 cm³/mol. The molecule has 3 aliphatic heterocycles. The highest BCUT2D eigenvalue weighted by atomic mass is 16.7. The minimum absolute atomic E-state index is 0.0532. The van der Waals surface area contributed by atoms with E-state index in [1.807, 2.05) is 43.4 Å². The number of aliphatic hydroxyl groups is 4. The maximum Gasteiger partial charge on any atom is 0.329 e. The molecule has 14 atom stereocenters. The molecule has 4 N–H and O–H groups in total. The zero-order valence-electron chi connectivity index (χ0n) is 38.7. The van der Waals surface area contributed by atoms with Gasteiger partial charge in [-0.3, -0.25) is 19.4 Å². The van der Waals surface area contributed by atoms with Crippen LogP contribution in [0.25, 0.3) is 6.08 Å². The highest BCUT2D eigenvalue weighted by molar-refractivity contribution is 6.39. The first-order chi connectivity index (χ1) is 30.5. The number of carbonyl (C=O) groups is 4. The smallest absolute Gasteiger partial charge is 0.329 e. The third kappa shape index (κ3) is 12.6. The Labute approximate surface area is 378 Å². The van der Waals surface area contributed by atoms with Crippen LogP contribution >= 0.6 is 0 Å². The molecule has 3 fully saturated rings. The van der Waals surface area contributed by atoms with Crippen molar-refractivity contribution >= 4 is 29.5 Å². The Bertz CT molecular complexity index is 1820. The molecule has 1 saturated carbocycles.